The van der Waals surface area contributed by atoms with E-state index in [4.69, 9.17) is 5.10 Å². The van der Waals surface area contributed by atoms with Crippen molar-refractivity contribution in [3.05, 3.63) is 72.4 Å². The monoisotopic (exact) mass is 457 g/mol. The third kappa shape index (κ3) is 4.83. The van der Waals surface area contributed by atoms with E-state index in [0.717, 1.165) is 67.8 Å². The van der Waals surface area contributed by atoms with Gasteiger partial charge >= 0.3 is 6.03 Å². The van der Waals surface area contributed by atoms with Crippen LogP contribution in [0.1, 0.15) is 31.2 Å². The Morgan fingerprint density at radius 3 is 2.29 bits per heavy atom. The van der Waals surface area contributed by atoms with Crippen LogP contribution in [0.25, 0.3) is 16.9 Å². The number of rotatable bonds is 5. The molecule has 7 heteroatoms. The molecule has 1 aromatic heterocycles. The molecular formula is C27H31N5O2. The molecule has 1 unspecified atom stereocenters. The lowest BCUT2D eigenvalue weighted by Crippen LogP contribution is -2.49. The van der Waals surface area contributed by atoms with Crippen LogP contribution in [0.4, 0.5) is 4.79 Å². The summed E-state index contributed by atoms with van der Waals surface area (Å²) < 4.78 is 1.86. The molecule has 34 heavy (non-hydrogen) atoms. The standard InChI is InChI=1S/C27H31N5O2/c33-26(22-12-9-17-31(19-22)27(34)30-15-7-8-16-30)28-18-23-20-32(24-13-5-2-6-14-24)29-25(23)21-10-3-1-4-11-21/h1-6,10-11,13-14,20,22H,7-9,12,15-19H2,(H,28,33). The van der Waals surface area contributed by atoms with E-state index in [-0.39, 0.29) is 17.9 Å². The minimum Gasteiger partial charge on any atom is -0.352 e. The van der Waals surface area contributed by atoms with Crippen molar-refractivity contribution in [2.24, 2.45) is 5.92 Å². The SMILES string of the molecule is O=C(NCc1cn(-c2ccccc2)nc1-c1ccccc1)C1CCCN(C(=O)N2CCCC2)C1. The second-order valence-electron chi connectivity index (χ2n) is 9.13. The molecule has 0 saturated carbocycles. The van der Waals surface area contributed by atoms with E-state index in [1.165, 1.54) is 0 Å². The third-order valence-electron chi connectivity index (χ3n) is 6.75. The number of urea groups is 1. The zero-order valence-electron chi connectivity index (χ0n) is 19.4. The van der Waals surface area contributed by atoms with Gasteiger partial charge in [0.05, 0.1) is 17.3 Å². The number of aromatic nitrogens is 2. The maximum Gasteiger partial charge on any atom is 0.320 e. The zero-order chi connectivity index (χ0) is 23.3. The van der Waals surface area contributed by atoms with Crippen molar-refractivity contribution in [3.8, 4) is 16.9 Å². The number of benzene rings is 2. The fraction of sp³-hybridized carbons (Fsp3) is 0.370. The highest BCUT2D eigenvalue weighted by Gasteiger charge is 2.31. The summed E-state index contributed by atoms with van der Waals surface area (Å²) in [5, 5.41) is 7.96. The van der Waals surface area contributed by atoms with Crippen LogP contribution in [0.5, 0.6) is 0 Å². The fourth-order valence-electron chi connectivity index (χ4n) is 4.89. The number of para-hydroxylation sites is 1. The molecule has 2 aliphatic heterocycles. The van der Waals surface area contributed by atoms with Crippen molar-refractivity contribution in [2.75, 3.05) is 26.2 Å². The zero-order valence-corrected chi connectivity index (χ0v) is 19.4. The molecule has 2 aliphatic rings. The van der Waals surface area contributed by atoms with Gasteiger partial charge in [-0.25, -0.2) is 9.48 Å². The summed E-state index contributed by atoms with van der Waals surface area (Å²) in [5.74, 6) is -0.171. The van der Waals surface area contributed by atoms with Crippen molar-refractivity contribution < 1.29 is 9.59 Å². The third-order valence-corrected chi connectivity index (χ3v) is 6.75. The molecule has 3 heterocycles. The van der Waals surface area contributed by atoms with E-state index < -0.39 is 0 Å². The molecule has 0 bridgehead atoms. The van der Waals surface area contributed by atoms with Gasteiger partial charge in [-0.15, -0.1) is 0 Å². The molecule has 0 radical (unpaired) electrons. The molecule has 5 rings (SSSR count). The van der Waals surface area contributed by atoms with Gasteiger partial charge in [0.2, 0.25) is 5.91 Å². The predicted octanol–water partition coefficient (Wildman–Crippen LogP) is 4.08. The lowest BCUT2D eigenvalue weighted by Gasteiger charge is -2.34. The Balaban J connectivity index is 1.29. The summed E-state index contributed by atoms with van der Waals surface area (Å²) in [5.41, 5.74) is 3.81. The van der Waals surface area contributed by atoms with Crippen molar-refractivity contribution in [2.45, 2.75) is 32.2 Å². The van der Waals surface area contributed by atoms with Crippen LogP contribution < -0.4 is 5.32 Å². The number of nitrogens with one attached hydrogen (secondary N) is 1. The fourth-order valence-corrected chi connectivity index (χ4v) is 4.89. The van der Waals surface area contributed by atoms with Gasteiger partial charge in [-0.2, -0.15) is 5.10 Å². The molecule has 3 amide bonds. The molecule has 0 spiro atoms. The number of carbonyl (C=O) groups is 2. The van der Waals surface area contributed by atoms with Gasteiger partial charge in [0.15, 0.2) is 0 Å². The Bertz CT molecular complexity index is 1120. The van der Waals surface area contributed by atoms with Crippen LogP contribution in [0.15, 0.2) is 66.9 Å². The minimum atomic E-state index is -0.176. The van der Waals surface area contributed by atoms with Gasteiger partial charge in [0.1, 0.15) is 0 Å². The quantitative estimate of drug-likeness (QED) is 0.628. The summed E-state index contributed by atoms with van der Waals surface area (Å²) in [6.07, 6.45) is 5.80. The van der Waals surface area contributed by atoms with Crippen LogP contribution >= 0.6 is 0 Å². The van der Waals surface area contributed by atoms with E-state index in [2.05, 4.69) is 5.32 Å². The number of nitrogens with zero attached hydrogens (tertiary/aromatic N) is 4. The Kier molecular flexibility index (Phi) is 6.60. The topological polar surface area (TPSA) is 70.5 Å². The van der Waals surface area contributed by atoms with Gasteiger partial charge in [0, 0.05) is 50.0 Å². The van der Waals surface area contributed by atoms with Crippen LogP contribution in [0, 0.1) is 5.92 Å². The van der Waals surface area contributed by atoms with Crippen molar-refractivity contribution in [1.82, 2.24) is 24.9 Å². The van der Waals surface area contributed by atoms with E-state index in [1.807, 2.05) is 81.3 Å². The molecule has 2 aromatic carbocycles. The van der Waals surface area contributed by atoms with E-state index in [9.17, 15) is 9.59 Å². The number of hydrogen-bond acceptors (Lipinski definition) is 3. The predicted molar refractivity (Wildman–Crippen MR) is 131 cm³/mol. The summed E-state index contributed by atoms with van der Waals surface area (Å²) >= 11 is 0. The van der Waals surface area contributed by atoms with Crippen molar-refractivity contribution in [1.29, 1.82) is 0 Å². The highest BCUT2D eigenvalue weighted by Crippen LogP contribution is 2.24. The summed E-state index contributed by atoms with van der Waals surface area (Å²) in [7, 11) is 0. The summed E-state index contributed by atoms with van der Waals surface area (Å²) in [4.78, 5) is 29.7. The Morgan fingerprint density at radius 2 is 1.56 bits per heavy atom. The van der Waals surface area contributed by atoms with Crippen LogP contribution in [-0.2, 0) is 11.3 Å². The van der Waals surface area contributed by atoms with E-state index in [1.54, 1.807) is 0 Å². The average molecular weight is 458 g/mol. The molecule has 2 saturated heterocycles. The smallest absolute Gasteiger partial charge is 0.320 e. The number of piperidine rings is 1. The highest BCUT2D eigenvalue weighted by atomic mass is 16.2. The van der Waals surface area contributed by atoms with Gasteiger partial charge in [0.25, 0.3) is 0 Å². The van der Waals surface area contributed by atoms with Gasteiger partial charge in [-0.1, -0.05) is 48.5 Å². The lowest BCUT2D eigenvalue weighted by atomic mass is 9.97. The number of carbonyl (C=O) groups excluding carboxylic acids is 2. The van der Waals surface area contributed by atoms with Crippen LogP contribution in [0.2, 0.25) is 0 Å². The van der Waals surface area contributed by atoms with Crippen LogP contribution in [0.3, 0.4) is 0 Å². The molecular weight excluding hydrogens is 426 g/mol. The van der Waals surface area contributed by atoms with Gasteiger partial charge < -0.3 is 15.1 Å². The Labute approximate surface area is 200 Å². The molecule has 0 aliphatic carbocycles. The second-order valence-corrected chi connectivity index (χ2v) is 9.13. The first-order chi connectivity index (χ1) is 16.7. The maximum absolute atomic E-state index is 13.1. The maximum atomic E-state index is 13.1. The molecule has 1 N–H and O–H groups in total. The molecule has 7 nitrogen and oxygen atoms in total. The van der Waals surface area contributed by atoms with E-state index >= 15 is 0 Å². The Morgan fingerprint density at radius 1 is 0.882 bits per heavy atom. The second kappa shape index (κ2) is 10.1. The first-order valence-electron chi connectivity index (χ1n) is 12.2. The van der Waals surface area contributed by atoms with Gasteiger partial charge in [-0.3, -0.25) is 4.79 Å². The normalized spacial score (nSPS) is 18.2. The highest BCUT2D eigenvalue weighted by molar-refractivity contribution is 5.81. The summed E-state index contributed by atoms with van der Waals surface area (Å²) in [6, 6.07) is 20.1. The van der Waals surface area contributed by atoms with E-state index in [0.29, 0.717) is 13.1 Å². The molecule has 1 atom stereocenters. The first kappa shape index (κ1) is 22.2. The number of likely N-dealkylation sites (tertiary alicyclic amines) is 2. The first-order valence-corrected chi connectivity index (χ1v) is 12.2. The largest absolute Gasteiger partial charge is 0.352 e. The number of hydrogen-bond donors (Lipinski definition) is 1. The molecule has 2 fully saturated rings. The minimum absolute atomic E-state index is 0.00500. The van der Waals surface area contributed by atoms with Crippen molar-refractivity contribution >= 4 is 11.9 Å². The lowest BCUT2D eigenvalue weighted by molar-refractivity contribution is -0.126. The Hall–Kier alpha value is -3.61. The van der Waals surface area contributed by atoms with Crippen LogP contribution in [-0.4, -0.2) is 57.7 Å². The summed E-state index contributed by atoms with van der Waals surface area (Å²) in [6.45, 7) is 3.29. The molecule has 3 aromatic rings. The van der Waals surface area contributed by atoms with Gasteiger partial charge in [-0.05, 0) is 37.8 Å². The molecule has 176 valence electrons. The van der Waals surface area contributed by atoms with Crippen molar-refractivity contribution in [3.63, 3.8) is 0 Å². The number of amides is 3. The average Bonchev–Trinajstić information content (AvgIpc) is 3.59.